The molecule has 0 spiro atoms. The average Bonchev–Trinajstić information content (AvgIpc) is 3.45. The van der Waals surface area contributed by atoms with Gasteiger partial charge in [-0.25, -0.2) is 4.58 Å². The molecule has 4 heteroatoms. The number of hydrogen-bond acceptors (Lipinski definition) is 3. The molecule has 0 bridgehead atoms. The predicted octanol–water partition coefficient (Wildman–Crippen LogP) is 6.86. The molecule has 0 amide bonds. The number of carbonyl (C=O) groups excluding carboxylic acids is 1. The summed E-state index contributed by atoms with van der Waals surface area (Å²) in [6.07, 6.45) is 11.6. The number of ether oxygens (including phenoxy) is 1. The maximum Gasteiger partial charge on any atom is 0.310 e. The average molecular weight is 510 g/mol. The molecule has 198 valence electrons. The van der Waals surface area contributed by atoms with Crippen LogP contribution in [0.15, 0.2) is 77.9 Å². The second-order valence-corrected chi connectivity index (χ2v) is 11.3. The van der Waals surface area contributed by atoms with Gasteiger partial charge in [0, 0.05) is 48.2 Å². The van der Waals surface area contributed by atoms with Crippen molar-refractivity contribution in [2.24, 2.45) is 0 Å². The highest BCUT2D eigenvalue weighted by Crippen LogP contribution is 2.49. The van der Waals surface area contributed by atoms with Crippen LogP contribution in [0.2, 0.25) is 0 Å². The number of nitrogens with one attached hydrogen (secondary N) is 1. The fraction of sp³-hybridized carbons (Fsp3) is 0.412. The Balaban J connectivity index is 1.55. The molecule has 5 rings (SSSR count). The summed E-state index contributed by atoms with van der Waals surface area (Å²) < 4.78 is 8.61. The van der Waals surface area contributed by atoms with E-state index in [0.717, 1.165) is 42.9 Å². The van der Waals surface area contributed by atoms with E-state index in [1.165, 1.54) is 47.2 Å². The standard InChI is InChI=1S/C34H40N2O2/c1-5-6-18-35-26-14-16-28-30(22-26)34(3,4)31-23-27(36-19-10-11-20-36)15-17-29(31)33(28)24(2)38-32(37)21-25-12-8-7-9-13-25/h7-9,12-17,22-24H,5-6,10-11,18-21H2,1-4H3/p+1. The third kappa shape index (κ3) is 5.27. The van der Waals surface area contributed by atoms with E-state index in [-0.39, 0.29) is 23.9 Å². The third-order valence-corrected chi connectivity index (χ3v) is 8.19. The molecule has 1 fully saturated rings. The molecular weight excluding hydrogens is 468 g/mol. The van der Waals surface area contributed by atoms with E-state index < -0.39 is 0 Å². The summed E-state index contributed by atoms with van der Waals surface area (Å²) in [7, 11) is 0. The van der Waals surface area contributed by atoms with E-state index in [0.29, 0.717) is 0 Å². The number of nitrogens with zero attached hydrogens (tertiary/aromatic N) is 1. The largest absolute Gasteiger partial charge is 0.457 e. The van der Waals surface area contributed by atoms with Crippen LogP contribution in [0, 0.1) is 0 Å². The molecule has 2 aliphatic carbocycles. The molecule has 4 nitrogen and oxygen atoms in total. The molecule has 3 aliphatic rings. The Morgan fingerprint density at radius 3 is 2.58 bits per heavy atom. The summed E-state index contributed by atoms with van der Waals surface area (Å²) >= 11 is 0. The van der Waals surface area contributed by atoms with Crippen molar-refractivity contribution in [1.29, 1.82) is 0 Å². The van der Waals surface area contributed by atoms with Crippen molar-refractivity contribution >= 4 is 22.9 Å². The topological polar surface area (TPSA) is 41.3 Å². The van der Waals surface area contributed by atoms with Crippen LogP contribution in [0.25, 0.3) is 5.57 Å². The lowest BCUT2D eigenvalue weighted by Crippen LogP contribution is -2.33. The molecule has 1 heterocycles. The van der Waals surface area contributed by atoms with Crippen LogP contribution >= 0.6 is 0 Å². The minimum Gasteiger partial charge on any atom is -0.457 e. The van der Waals surface area contributed by atoms with Gasteiger partial charge in [0.05, 0.1) is 6.42 Å². The molecule has 2 aromatic rings. The van der Waals surface area contributed by atoms with Gasteiger partial charge in [0.25, 0.3) is 0 Å². The van der Waals surface area contributed by atoms with Crippen molar-refractivity contribution in [3.8, 4) is 0 Å². The fourth-order valence-electron chi connectivity index (χ4n) is 6.06. The second-order valence-electron chi connectivity index (χ2n) is 11.3. The first kappa shape index (κ1) is 26.2. The van der Waals surface area contributed by atoms with E-state index in [2.05, 4.69) is 67.1 Å². The smallest absolute Gasteiger partial charge is 0.310 e. The zero-order chi connectivity index (χ0) is 26.7. The van der Waals surface area contributed by atoms with Gasteiger partial charge in [-0.2, -0.15) is 0 Å². The number of allylic oxidation sites excluding steroid dienone is 5. The van der Waals surface area contributed by atoms with E-state index in [1.54, 1.807) is 0 Å². The van der Waals surface area contributed by atoms with Crippen molar-refractivity contribution < 1.29 is 14.1 Å². The Morgan fingerprint density at radius 2 is 1.84 bits per heavy atom. The number of fused-ring (bicyclic) bond motifs is 2. The van der Waals surface area contributed by atoms with Gasteiger partial charge in [0.15, 0.2) is 5.71 Å². The Morgan fingerprint density at radius 1 is 1.08 bits per heavy atom. The third-order valence-electron chi connectivity index (χ3n) is 8.19. The summed E-state index contributed by atoms with van der Waals surface area (Å²) in [5.74, 6) is -0.198. The van der Waals surface area contributed by atoms with Crippen LogP contribution in [0.1, 0.15) is 70.1 Å². The number of esters is 1. The van der Waals surface area contributed by atoms with Gasteiger partial charge in [-0.3, -0.25) is 4.79 Å². The van der Waals surface area contributed by atoms with Gasteiger partial charge in [0.1, 0.15) is 19.2 Å². The molecule has 1 aliphatic heterocycles. The first-order valence-corrected chi connectivity index (χ1v) is 14.3. The summed E-state index contributed by atoms with van der Waals surface area (Å²) in [5, 5.41) is 3.61. The Kier molecular flexibility index (Phi) is 7.69. The maximum absolute atomic E-state index is 13.0. The van der Waals surface area contributed by atoms with Gasteiger partial charge in [-0.15, -0.1) is 0 Å². The zero-order valence-electron chi connectivity index (χ0n) is 23.3. The van der Waals surface area contributed by atoms with Crippen LogP contribution in [0.5, 0.6) is 0 Å². The van der Waals surface area contributed by atoms with Crippen LogP contribution in [-0.4, -0.2) is 42.0 Å². The number of anilines is 1. The minimum atomic E-state index is -0.364. The normalized spacial score (nSPS) is 18.6. The highest BCUT2D eigenvalue weighted by molar-refractivity contribution is 6.06. The van der Waals surface area contributed by atoms with E-state index in [9.17, 15) is 4.79 Å². The number of benzene rings is 2. The molecule has 1 atom stereocenters. The minimum absolute atomic E-state index is 0.180. The van der Waals surface area contributed by atoms with Gasteiger partial charge in [-0.05, 0) is 59.4 Å². The Labute approximate surface area is 227 Å². The molecule has 0 aromatic heterocycles. The summed E-state index contributed by atoms with van der Waals surface area (Å²) in [4.78, 5) is 13.0. The first-order chi connectivity index (χ1) is 18.4. The highest BCUT2D eigenvalue weighted by Gasteiger charge is 2.40. The van der Waals surface area contributed by atoms with Crippen molar-refractivity contribution in [1.82, 2.24) is 0 Å². The number of hydrogen-bond donors (Lipinski definition) is 1. The Bertz CT molecular complexity index is 1320. The van der Waals surface area contributed by atoms with Gasteiger partial charge < -0.3 is 10.1 Å². The second kappa shape index (κ2) is 11.1. The van der Waals surface area contributed by atoms with Crippen molar-refractivity contribution in [2.45, 2.75) is 71.3 Å². The fourth-order valence-corrected chi connectivity index (χ4v) is 6.06. The molecule has 2 aromatic carbocycles. The molecule has 1 saturated heterocycles. The summed E-state index contributed by atoms with van der Waals surface area (Å²) in [5.41, 5.74) is 9.30. The quantitative estimate of drug-likeness (QED) is 0.240. The van der Waals surface area contributed by atoms with E-state index in [4.69, 9.17) is 4.74 Å². The lowest BCUT2D eigenvalue weighted by Gasteiger charge is -2.40. The predicted molar refractivity (Wildman–Crippen MR) is 157 cm³/mol. The summed E-state index contributed by atoms with van der Waals surface area (Å²) in [6, 6.07) is 16.5. The van der Waals surface area contributed by atoms with Crippen LogP contribution in [-0.2, 0) is 21.4 Å². The first-order valence-electron chi connectivity index (χ1n) is 14.3. The maximum atomic E-state index is 13.0. The monoisotopic (exact) mass is 509 g/mol. The molecule has 0 saturated carbocycles. The molecule has 38 heavy (non-hydrogen) atoms. The lowest BCUT2D eigenvalue weighted by molar-refractivity contribution is -0.504. The number of carbonyl (C=O) groups is 1. The van der Waals surface area contributed by atoms with Gasteiger partial charge in [0.2, 0.25) is 0 Å². The van der Waals surface area contributed by atoms with Crippen LogP contribution in [0.4, 0.5) is 5.69 Å². The molecule has 1 N–H and O–H groups in total. The molecule has 1 unspecified atom stereocenters. The van der Waals surface area contributed by atoms with Gasteiger partial charge in [-0.1, -0.05) is 63.6 Å². The number of rotatable bonds is 8. The van der Waals surface area contributed by atoms with E-state index in [1.807, 2.05) is 37.3 Å². The van der Waals surface area contributed by atoms with Crippen molar-refractivity contribution in [2.75, 3.05) is 25.0 Å². The highest BCUT2D eigenvalue weighted by atomic mass is 16.5. The molecule has 0 radical (unpaired) electrons. The summed E-state index contributed by atoms with van der Waals surface area (Å²) in [6.45, 7) is 12.1. The van der Waals surface area contributed by atoms with Gasteiger partial charge >= 0.3 is 5.97 Å². The van der Waals surface area contributed by atoms with Crippen LogP contribution in [0.3, 0.4) is 0 Å². The van der Waals surface area contributed by atoms with Crippen molar-refractivity contribution in [3.05, 3.63) is 94.6 Å². The zero-order valence-corrected chi connectivity index (χ0v) is 23.3. The number of unbranched alkanes of at least 4 members (excludes halogenated alkanes) is 1. The van der Waals surface area contributed by atoms with Crippen LogP contribution < -0.4 is 5.32 Å². The SMILES string of the molecule is CCCCNc1ccc2c(c1)C(C)(C)C1=CC(=[N+]3CCCC3)C=CC1=C2C(C)OC(=O)Cc1ccccc1. The lowest BCUT2D eigenvalue weighted by atomic mass is 9.64. The Hall–Kier alpha value is -3.40. The van der Waals surface area contributed by atoms with Crippen molar-refractivity contribution in [3.63, 3.8) is 0 Å². The van der Waals surface area contributed by atoms with E-state index >= 15 is 0 Å². The molecular formula is C34H41N2O2+.